The second kappa shape index (κ2) is 4.99. The van der Waals surface area contributed by atoms with Crippen molar-refractivity contribution in [2.75, 3.05) is 6.54 Å². The Kier molecular flexibility index (Phi) is 3.41. The summed E-state index contributed by atoms with van der Waals surface area (Å²) in [5.41, 5.74) is 6.83. The van der Waals surface area contributed by atoms with E-state index in [0.29, 0.717) is 6.54 Å². The molecule has 0 aliphatic rings. The van der Waals surface area contributed by atoms with Gasteiger partial charge in [0.15, 0.2) is 0 Å². The van der Waals surface area contributed by atoms with E-state index in [2.05, 4.69) is 32.6 Å². The van der Waals surface area contributed by atoms with Crippen molar-refractivity contribution in [3.8, 4) is 0 Å². The molecule has 0 fully saturated rings. The molecule has 4 heteroatoms. The molecule has 0 aromatic carbocycles. The van der Waals surface area contributed by atoms with Crippen molar-refractivity contribution in [2.24, 2.45) is 12.8 Å². The minimum Gasteiger partial charge on any atom is -0.354 e. The van der Waals surface area contributed by atoms with Gasteiger partial charge in [-0.1, -0.05) is 0 Å². The Morgan fingerprint density at radius 1 is 1.31 bits per heavy atom. The van der Waals surface area contributed by atoms with Crippen LogP contribution in [0.4, 0.5) is 0 Å². The van der Waals surface area contributed by atoms with Gasteiger partial charge < -0.3 is 14.9 Å². The van der Waals surface area contributed by atoms with E-state index in [1.54, 1.807) is 0 Å². The molecule has 2 rings (SSSR count). The predicted octanol–water partition coefficient (Wildman–Crippen LogP) is 0.965. The van der Waals surface area contributed by atoms with Gasteiger partial charge in [-0.05, 0) is 24.6 Å². The SMILES string of the molecule is Cn1ccnc1CCn1ccc(CCN)c1. The molecule has 0 spiro atoms. The van der Waals surface area contributed by atoms with E-state index in [1.165, 1.54) is 5.56 Å². The second-order valence-electron chi connectivity index (χ2n) is 4.00. The monoisotopic (exact) mass is 218 g/mol. The van der Waals surface area contributed by atoms with Crippen LogP contribution in [-0.2, 0) is 26.4 Å². The van der Waals surface area contributed by atoms with Crippen LogP contribution in [0.1, 0.15) is 11.4 Å². The van der Waals surface area contributed by atoms with Crippen LogP contribution in [0.3, 0.4) is 0 Å². The second-order valence-corrected chi connectivity index (χ2v) is 4.00. The molecule has 2 aromatic heterocycles. The lowest BCUT2D eigenvalue weighted by Gasteiger charge is -2.03. The third kappa shape index (κ3) is 2.52. The number of hydrogen-bond donors (Lipinski definition) is 1. The molecular weight excluding hydrogens is 200 g/mol. The van der Waals surface area contributed by atoms with Crippen LogP contribution in [0.25, 0.3) is 0 Å². The highest BCUT2D eigenvalue weighted by Crippen LogP contribution is 2.04. The van der Waals surface area contributed by atoms with Gasteiger partial charge in [-0.3, -0.25) is 0 Å². The summed E-state index contributed by atoms with van der Waals surface area (Å²) in [6.45, 7) is 1.68. The summed E-state index contributed by atoms with van der Waals surface area (Å²) in [5, 5.41) is 0. The number of nitrogens with two attached hydrogens (primary N) is 1. The first-order valence-corrected chi connectivity index (χ1v) is 5.60. The molecule has 2 heterocycles. The minimum atomic E-state index is 0.712. The first kappa shape index (κ1) is 11.0. The van der Waals surface area contributed by atoms with E-state index in [9.17, 15) is 0 Å². The molecule has 2 N–H and O–H groups in total. The Hall–Kier alpha value is -1.55. The normalized spacial score (nSPS) is 10.9. The van der Waals surface area contributed by atoms with Crippen LogP contribution in [-0.4, -0.2) is 20.7 Å². The van der Waals surface area contributed by atoms with Crippen LogP contribution in [0.15, 0.2) is 30.9 Å². The molecule has 0 aliphatic carbocycles. The summed E-state index contributed by atoms with van der Waals surface area (Å²) < 4.78 is 4.25. The van der Waals surface area contributed by atoms with Crippen LogP contribution in [0.2, 0.25) is 0 Å². The summed E-state index contributed by atoms with van der Waals surface area (Å²) in [6, 6.07) is 2.13. The van der Waals surface area contributed by atoms with Crippen LogP contribution in [0, 0.1) is 0 Å². The highest BCUT2D eigenvalue weighted by Gasteiger charge is 2.00. The molecule has 0 aliphatic heterocycles. The minimum absolute atomic E-state index is 0.712. The zero-order chi connectivity index (χ0) is 11.4. The van der Waals surface area contributed by atoms with Crippen LogP contribution < -0.4 is 5.73 Å². The Bertz CT molecular complexity index is 441. The van der Waals surface area contributed by atoms with E-state index >= 15 is 0 Å². The maximum atomic E-state index is 5.52. The van der Waals surface area contributed by atoms with Gasteiger partial charge >= 0.3 is 0 Å². The molecule has 0 radical (unpaired) electrons. The first-order valence-electron chi connectivity index (χ1n) is 5.60. The lowest BCUT2D eigenvalue weighted by molar-refractivity contribution is 0.652. The summed E-state index contributed by atoms with van der Waals surface area (Å²) in [4.78, 5) is 4.30. The Morgan fingerprint density at radius 2 is 2.19 bits per heavy atom. The molecule has 16 heavy (non-hydrogen) atoms. The van der Waals surface area contributed by atoms with Crippen molar-refractivity contribution < 1.29 is 0 Å². The van der Waals surface area contributed by atoms with Crippen molar-refractivity contribution in [1.82, 2.24) is 14.1 Å². The number of rotatable bonds is 5. The summed E-state index contributed by atoms with van der Waals surface area (Å²) in [6.07, 6.45) is 10.00. The van der Waals surface area contributed by atoms with Gasteiger partial charge in [0.25, 0.3) is 0 Å². The zero-order valence-electron chi connectivity index (χ0n) is 9.63. The fourth-order valence-electron chi connectivity index (χ4n) is 1.81. The maximum Gasteiger partial charge on any atom is 0.110 e. The van der Waals surface area contributed by atoms with E-state index in [-0.39, 0.29) is 0 Å². The number of aryl methyl sites for hydroxylation is 3. The third-order valence-electron chi connectivity index (χ3n) is 2.76. The van der Waals surface area contributed by atoms with Gasteiger partial charge in [-0.15, -0.1) is 0 Å². The molecule has 2 aromatic rings. The fourth-order valence-corrected chi connectivity index (χ4v) is 1.81. The van der Waals surface area contributed by atoms with Gasteiger partial charge in [0.2, 0.25) is 0 Å². The number of aromatic nitrogens is 3. The lowest BCUT2D eigenvalue weighted by Crippen LogP contribution is -2.04. The molecule has 0 amide bonds. The van der Waals surface area contributed by atoms with E-state index in [1.807, 2.05) is 19.4 Å². The average Bonchev–Trinajstić information content (AvgIpc) is 2.86. The van der Waals surface area contributed by atoms with E-state index in [4.69, 9.17) is 5.73 Å². The smallest absolute Gasteiger partial charge is 0.110 e. The standard InChI is InChI=1S/C12H18N4/c1-15-9-6-14-12(15)4-8-16-7-3-11(10-16)2-5-13/h3,6-7,9-10H,2,4-5,8,13H2,1H3. The quantitative estimate of drug-likeness (QED) is 0.812. The number of nitrogens with zero attached hydrogens (tertiary/aromatic N) is 3. The van der Waals surface area contributed by atoms with Crippen molar-refractivity contribution in [1.29, 1.82) is 0 Å². The molecule has 0 atom stereocenters. The molecule has 0 unspecified atom stereocenters. The van der Waals surface area contributed by atoms with Crippen molar-refractivity contribution in [3.05, 3.63) is 42.2 Å². The van der Waals surface area contributed by atoms with Gasteiger partial charge in [0, 0.05) is 44.8 Å². The Balaban J connectivity index is 1.92. The molecule has 4 nitrogen and oxygen atoms in total. The van der Waals surface area contributed by atoms with Crippen molar-refractivity contribution in [3.63, 3.8) is 0 Å². The number of hydrogen-bond acceptors (Lipinski definition) is 2. The highest BCUT2D eigenvalue weighted by atomic mass is 15.0. The predicted molar refractivity (Wildman–Crippen MR) is 64.1 cm³/mol. The molecule has 0 bridgehead atoms. The fraction of sp³-hybridized carbons (Fsp3) is 0.417. The van der Waals surface area contributed by atoms with Gasteiger partial charge in [0.05, 0.1) is 0 Å². The number of imidazole rings is 1. The van der Waals surface area contributed by atoms with Crippen molar-refractivity contribution >= 4 is 0 Å². The summed E-state index contributed by atoms with van der Waals surface area (Å²) in [5.74, 6) is 1.12. The topological polar surface area (TPSA) is 48.8 Å². The largest absolute Gasteiger partial charge is 0.354 e. The van der Waals surface area contributed by atoms with Gasteiger partial charge in [-0.25, -0.2) is 4.98 Å². The third-order valence-corrected chi connectivity index (χ3v) is 2.76. The Labute approximate surface area is 95.7 Å². The maximum absolute atomic E-state index is 5.52. The highest BCUT2D eigenvalue weighted by molar-refractivity contribution is 5.10. The van der Waals surface area contributed by atoms with E-state index in [0.717, 1.165) is 25.2 Å². The molecule has 0 saturated carbocycles. The molecular formula is C12H18N4. The molecule has 86 valence electrons. The van der Waals surface area contributed by atoms with Gasteiger partial charge in [0.1, 0.15) is 5.82 Å². The van der Waals surface area contributed by atoms with E-state index < -0.39 is 0 Å². The zero-order valence-corrected chi connectivity index (χ0v) is 9.63. The summed E-state index contributed by atoms with van der Waals surface area (Å²) in [7, 11) is 2.03. The van der Waals surface area contributed by atoms with Gasteiger partial charge in [-0.2, -0.15) is 0 Å². The Morgan fingerprint density at radius 3 is 2.88 bits per heavy atom. The van der Waals surface area contributed by atoms with Crippen LogP contribution in [0.5, 0.6) is 0 Å². The first-order chi connectivity index (χ1) is 7.79. The lowest BCUT2D eigenvalue weighted by atomic mass is 10.2. The summed E-state index contributed by atoms with van der Waals surface area (Å²) >= 11 is 0. The average molecular weight is 218 g/mol. The van der Waals surface area contributed by atoms with Crippen LogP contribution >= 0.6 is 0 Å². The van der Waals surface area contributed by atoms with Crippen molar-refractivity contribution in [2.45, 2.75) is 19.4 Å². The molecule has 0 saturated heterocycles.